The summed E-state index contributed by atoms with van der Waals surface area (Å²) >= 11 is 0. The van der Waals surface area contributed by atoms with Crippen molar-refractivity contribution in [2.24, 2.45) is 0 Å². The second kappa shape index (κ2) is 7.30. The van der Waals surface area contributed by atoms with Crippen LogP contribution >= 0.6 is 0 Å². The van der Waals surface area contributed by atoms with Gasteiger partial charge in [-0.05, 0) is 45.9 Å². The number of hydrogen-bond acceptors (Lipinski definition) is 4. The number of nitrogens with zero attached hydrogens (tertiary/aromatic N) is 3. The fourth-order valence-corrected chi connectivity index (χ4v) is 3.05. The largest absolute Gasteiger partial charge is 0.361 e. The monoisotopic (exact) mass is 374 g/mol. The standard InChI is InChI=1S/C19H20F2N4O2/c1-10-8-22-25(9-14-7-15(20)5-6-16(14)21)18(10)23-19(26)11(2)17-12(3)24-27-13(17)4/h5-8,11H,9H2,1-4H3,(H,23,26). The molecule has 0 saturated heterocycles. The van der Waals surface area contributed by atoms with Gasteiger partial charge >= 0.3 is 0 Å². The van der Waals surface area contributed by atoms with Crippen molar-refractivity contribution in [2.75, 3.05) is 5.32 Å². The highest BCUT2D eigenvalue weighted by Gasteiger charge is 2.24. The van der Waals surface area contributed by atoms with Crippen molar-refractivity contribution in [2.45, 2.75) is 40.2 Å². The maximum atomic E-state index is 13.9. The zero-order chi connectivity index (χ0) is 19.7. The van der Waals surface area contributed by atoms with Gasteiger partial charge in [0.2, 0.25) is 5.91 Å². The Bertz CT molecular complexity index is 974. The van der Waals surface area contributed by atoms with E-state index < -0.39 is 17.6 Å². The lowest BCUT2D eigenvalue weighted by Crippen LogP contribution is -2.22. The average molecular weight is 374 g/mol. The second-order valence-electron chi connectivity index (χ2n) is 6.52. The van der Waals surface area contributed by atoms with Crippen molar-refractivity contribution >= 4 is 11.7 Å². The Morgan fingerprint density at radius 1 is 1.30 bits per heavy atom. The summed E-state index contributed by atoms with van der Waals surface area (Å²) in [6.07, 6.45) is 1.56. The molecule has 0 aliphatic carbocycles. The molecule has 142 valence electrons. The summed E-state index contributed by atoms with van der Waals surface area (Å²) in [6, 6.07) is 3.24. The van der Waals surface area contributed by atoms with E-state index in [9.17, 15) is 13.6 Å². The van der Waals surface area contributed by atoms with Crippen molar-refractivity contribution in [3.05, 3.63) is 64.2 Å². The van der Waals surface area contributed by atoms with E-state index in [0.717, 1.165) is 23.8 Å². The summed E-state index contributed by atoms with van der Waals surface area (Å²) < 4.78 is 33.9. The fraction of sp³-hybridized carbons (Fsp3) is 0.316. The third-order valence-electron chi connectivity index (χ3n) is 4.51. The van der Waals surface area contributed by atoms with Gasteiger partial charge in [-0.3, -0.25) is 4.79 Å². The molecule has 0 saturated carbocycles. The number of aromatic nitrogens is 3. The van der Waals surface area contributed by atoms with Gasteiger partial charge in [-0.15, -0.1) is 0 Å². The first-order valence-electron chi connectivity index (χ1n) is 8.48. The minimum absolute atomic E-state index is 0.00719. The maximum absolute atomic E-state index is 13.9. The highest BCUT2D eigenvalue weighted by Crippen LogP contribution is 2.25. The van der Waals surface area contributed by atoms with Crippen molar-refractivity contribution in [1.29, 1.82) is 0 Å². The number of rotatable bonds is 5. The number of benzene rings is 1. The van der Waals surface area contributed by atoms with E-state index in [0.29, 0.717) is 22.8 Å². The number of aryl methyl sites for hydroxylation is 3. The lowest BCUT2D eigenvalue weighted by atomic mass is 9.99. The molecule has 3 aromatic rings. The Morgan fingerprint density at radius 3 is 2.70 bits per heavy atom. The van der Waals surface area contributed by atoms with Crippen LogP contribution in [0.4, 0.5) is 14.6 Å². The predicted octanol–water partition coefficient (Wildman–Crippen LogP) is 3.87. The molecule has 2 heterocycles. The quantitative estimate of drug-likeness (QED) is 0.736. The minimum Gasteiger partial charge on any atom is -0.361 e. The zero-order valence-corrected chi connectivity index (χ0v) is 15.5. The lowest BCUT2D eigenvalue weighted by Gasteiger charge is -2.15. The molecule has 1 amide bonds. The molecule has 27 heavy (non-hydrogen) atoms. The van der Waals surface area contributed by atoms with E-state index in [1.807, 2.05) is 0 Å². The van der Waals surface area contributed by atoms with E-state index in [1.165, 1.54) is 4.68 Å². The molecule has 0 fully saturated rings. The van der Waals surface area contributed by atoms with Gasteiger partial charge in [-0.25, -0.2) is 13.5 Å². The first-order valence-corrected chi connectivity index (χ1v) is 8.48. The Kier molecular flexibility index (Phi) is 5.07. The minimum atomic E-state index is -0.536. The van der Waals surface area contributed by atoms with Gasteiger partial charge in [-0.1, -0.05) is 5.16 Å². The molecule has 1 aromatic carbocycles. The molecule has 6 nitrogen and oxygen atoms in total. The molecular weight excluding hydrogens is 354 g/mol. The van der Waals surface area contributed by atoms with Crippen LogP contribution in [0.15, 0.2) is 28.9 Å². The first-order chi connectivity index (χ1) is 12.8. The van der Waals surface area contributed by atoms with Gasteiger partial charge in [0.15, 0.2) is 0 Å². The fourth-order valence-electron chi connectivity index (χ4n) is 3.05. The zero-order valence-electron chi connectivity index (χ0n) is 15.5. The Hall–Kier alpha value is -3.03. The molecular formula is C19H20F2N4O2. The number of carbonyl (C=O) groups excluding carboxylic acids is 1. The molecule has 0 spiro atoms. The smallest absolute Gasteiger partial charge is 0.232 e. The van der Waals surface area contributed by atoms with E-state index >= 15 is 0 Å². The molecule has 2 aromatic heterocycles. The van der Waals surface area contributed by atoms with Crippen LogP contribution in [0.25, 0.3) is 0 Å². The van der Waals surface area contributed by atoms with Gasteiger partial charge in [0.05, 0.1) is 24.4 Å². The normalized spacial score (nSPS) is 12.2. The molecule has 1 unspecified atom stereocenters. The summed E-state index contributed by atoms with van der Waals surface area (Å²) in [7, 11) is 0. The summed E-state index contributed by atoms with van der Waals surface area (Å²) in [5.74, 6) is -0.817. The van der Waals surface area contributed by atoms with Gasteiger partial charge in [0.25, 0.3) is 0 Å². The van der Waals surface area contributed by atoms with Crippen LogP contribution in [0.5, 0.6) is 0 Å². The number of amides is 1. The van der Waals surface area contributed by atoms with Crippen molar-refractivity contribution in [3.63, 3.8) is 0 Å². The van der Waals surface area contributed by atoms with Crippen molar-refractivity contribution < 1.29 is 18.1 Å². The van der Waals surface area contributed by atoms with Crippen molar-refractivity contribution in [1.82, 2.24) is 14.9 Å². The van der Waals surface area contributed by atoms with Crippen LogP contribution in [0.3, 0.4) is 0 Å². The number of carbonyl (C=O) groups is 1. The molecule has 8 heteroatoms. The van der Waals surface area contributed by atoms with Gasteiger partial charge < -0.3 is 9.84 Å². The van der Waals surface area contributed by atoms with Gasteiger partial charge in [0, 0.05) is 16.7 Å². The number of halogens is 2. The van der Waals surface area contributed by atoms with Crippen LogP contribution in [0.1, 0.15) is 41.0 Å². The molecule has 0 aliphatic heterocycles. The Labute approximate surface area is 155 Å². The van der Waals surface area contributed by atoms with Gasteiger partial charge in [-0.2, -0.15) is 5.10 Å². The van der Waals surface area contributed by atoms with E-state index in [2.05, 4.69) is 15.6 Å². The molecule has 0 radical (unpaired) electrons. The topological polar surface area (TPSA) is 73.0 Å². The lowest BCUT2D eigenvalue weighted by molar-refractivity contribution is -0.117. The maximum Gasteiger partial charge on any atom is 0.232 e. The summed E-state index contributed by atoms with van der Waals surface area (Å²) in [5.41, 5.74) is 2.24. The Morgan fingerprint density at radius 2 is 2.04 bits per heavy atom. The number of nitrogens with one attached hydrogen (secondary N) is 1. The van der Waals surface area contributed by atoms with Crippen LogP contribution in [-0.4, -0.2) is 20.8 Å². The Balaban J connectivity index is 1.84. The second-order valence-corrected chi connectivity index (χ2v) is 6.52. The number of hydrogen-bond donors (Lipinski definition) is 1. The first kappa shape index (κ1) is 18.8. The van der Waals surface area contributed by atoms with Crippen LogP contribution in [0, 0.1) is 32.4 Å². The molecule has 1 N–H and O–H groups in total. The van der Waals surface area contributed by atoms with Crippen molar-refractivity contribution in [3.8, 4) is 0 Å². The molecule has 3 rings (SSSR count). The van der Waals surface area contributed by atoms with E-state index in [1.54, 1.807) is 33.9 Å². The molecule has 1 atom stereocenters. The SMILES string of the molecule is Cc1cnn(Cc2cc(F)ccc2F)c1NC(=O)C(C)c1c(C)noc1C. The van der Waals surface area contributed by atoms with Crippen LogP contribution in [-0.2, 0) is 11.3 Å². The van der Waals surface area contributed by atoms with Gasteiger partial charge in [0.1, 0.15) is 23.2 Å². The highest BCUT2D eigenvalue weighted by molar-refractivity contribution is 5.95. The summed E-state index contributed by atoms with van der Waals surface area (Å²) in [4.78, 5) is 12.7. The summed E-state index contributed by atoms with van der Waals surface area (Å²) in [6.45, 7) is 7.05. The number of anilines is 1. The highest BCUT2D eigenvalue weighted by atomic mass is 19.1. The van der Waals surface area contributed by atoms with E-state index in [-0.39, 0.29) is 18.0 Å². The average Bonchev–Trinajstić information content (AvgIpc) is 3.13. The van der Waals surface area contributed by atoms with E-state index in [4.69, 9.17) is 4.52 Å². The summed E-state index contributed by atoms with van der Waals surface area (Å²) in [5, 5.41) is 10.9. The third kappa shape index (κ3) is 3.74. The third-order valence-corrected chi connectivity index (χ3v) is 4.51. The van der Waals surface area contributed by atoms with Crippen LogP contribution in [0.2, 0.25) is 0 Å². The van der Waals surface area contributed by atoms with Crippen LogP contribution < -0.4 is 5.32 Å². The molecule has 0 aliphatic rings. The predicted molar refractivity (Wildman–Crippen MR) is 95.4 cm³/mol. The molecule has 0 bridgehead atoms.